The molecule has 3 aromatic rings. The summed E-state index contributed by atoms with van der Waals surface area (Å²) in [5.74, 6) is 0.830. The molecule has 5 nitrogen and oxygen atoms in total. The standard InChI is InChI=1S/C19H20N4OS/c1-3-23(4-2)18(24)15-10-8-14(9-11-15)16-13-25-19(21-16)22-17-7-5-6-12-20-17/h5-13H,3-4H2,1-2H3,(H,20,21,22). The summed E-state index contributed by atoms with van der Waals surface area (Å²) in [6, 6.07) is 13.3. The number of amides is 1. The maximum Gasteiger partial charge on any atom is 0.253 e. The van der Waals surface area contributed by atoms with Crippen LogP contribution < -0.4 is 5.32 Å². The molecule has 0 aliphatic heterocycles. The van der Waals surface area contributed by atoms with Crippen molar-refractivity contribution >= 4 is 28.2 Å². The minimum atomic E-state index is 0.0623. The van der Waals surface area contributed by atoms with Crippen LogP contribution in [0.15, 0.2) is 54.0 Å². The SMILES string of the molecule is CCN(CC)C(=O)c1ccc(-c2csc(Nc3ccccn3)n2)cc1. The Morgan fingerprint density at radius 2 is 1.88 bits per heavy atom. The normalized spacial score (nSPS) is 10.5. The van der Waals surface area contributed by atoms with E-state index in [0.29, 0.717) is 18.7 Å². The smallest absolute Gasteiger partial charge is 0.253 e. The van der Waals surface area contributed by atoms with Gasteiger partial charge in [-0.05, 0) is 38.1 Å². The molecule has 0 aliphatic carbocycles. The van der Waals surface area contributed by atoms with Gasteiger partial charge in [0.25, 0.3) is 5.91 Å². The van der Waals surface area contributed by atoms with E-state index >= 15 is 0 Å². The fourth-order valence-corrected chi connectivity index (χ4v) is 3.21. The average molecular weight is 352 g/mol. The van der Waals surface area contributed by atoms with E-state index in [-0.39, 0.29) is 5.91 Å². The van der Waals surface area contributed by atoms with Crippen molar-refractivity contribution in [3.05, 3.63) is 59.6 Å². The Bertz CT molecular complexity index is 826. The number of benzene rings is 1. The van der Waals surface area contributed by atoms with Crippen LogP contribution in [0.1, 0.15) is 24.2 Å². The number of thiazole rings is 1. The van der Waals surface area contributed by atoms with Gasteiger partial charge in [-0.3, -0.25) is 4.79 Å². The highest BCUT2D eigenvalue weighted by Crippen LogP contribution is 2.27. The number of hydrogen-bond donors (Lipinski definition) is 1. The van der Waals surface area contributed by atoms with Crippen LogP contribution in [0.3, 0.4) is 0 Å². The molecule has 2 heterocycles. The molecule has 0 bridgehead atoms. The van der Waals surface area contributed by atoms with E-state index in [2.05, 4.69) is 15.3 Å². The minimum absolute atomic E-state index is 0.0623. The highest BCUT2D eigenvalue weighted by atomic mass is 32.1. The van der Waals surface area contributed by atoms with Gasteiger partial charge in [0.2, 0.25) is 0 Å². The summed E-state index contributed by atoms with van der Waals surface area (Å²) < 4.78 is 0. The van der Waals surface area contributed by atoms with Gasteiger partial charge in [-0.1, -0.05) is 18.2 Å². The first-order valence-corrected chi connectivity index (χ1v) is 9.12. The minimum Gasteiger partial charge on any atom is -0.339 e. The zero-order valence-corrected chi connectivity index (χ0v) is 15.1. The molecule has 0 saturated heterocycles. The van der Waals surface area contributed by atoms with E-state index in [1.165, 1.54) is 11.3 Å². The summed E-state index contributed by atoms with van der Waals surface area (Å²) >= 11 is 1.52. The maximum atomic E-state index is 12.4. The Labute approximate surface area is 151 Å². The van der Waals surface area contributed by atoms with Gasteiger partial charge >= 0.3 is 0 Å². The van der Waals surface area contributed by atoms with E-state index in [0.717, 1.165) is 22.2 Å². The Morgan fingerprint density at radius 3 is 2.52 bits per heavy atom. The van der Waals surface area contributed by atoms with Crippen LogP contribution in [-0.4, -0.2) is 33.9 Å². The van der Waals surface area contributed by atoms with Crippen LogP contribution in [0.25, 0.3) is 11.3 Å². The molecular weight excluding hydrogens is 332 g/mol. The maximum absolute atomic E-state index is 12.4. The van der Waals surface area contributed by atoms with Crippen LogP contribution >= 0.6 is 11.3 Å². The van der Waals surface area contributed by atoms with Gasteiger partial charge < -0.3 is 10.2 Å². The van der Waals surface area contributed by atoms with Gasteiger partial charge in [0, 0.05) is 35.8 Å². The van der Waals surface area contributed by atoms with Crippen LogP contribution in [0.4, 0.5) is 10.9 Å². The van der Waals surface area contributed by atoms with Crippen LogP contribution in [-0.2, 0) is 0 Å². The Balaban J connectivity index is 1.74. The molecule has 25 heavy (non-hydrogen) atoms. The number of carbonyl (C=O) groups excluding carboxylic acids is 1. The molecule has 1 amide bonds. The number of carbonyl (C=O) groups is 1. The van der Waals surface area contributed by atoms with E-state index in [4.69, 9.17) is 0 Å². The Morgan fingerprint density at radius 1 is 1.12 bits per heavy atom. The molecule has 6 heteroatoms. The zero-order valence-electron chi connectivity index (χ0n) is 14.3. The fourth-order valence-electron chi connectivity index (χ4n) is 2.49. The zero-order chi connectivity index (χ0) is 17.6. The van der Waals surface area contributed by atoms with E-state index < -0.39 is 0 Å². The second-order valence-electron chi connectivity index (χ2n) is 5.43. The lowest BCUT2D eigenvalue weighted by Gasteiger charge is -2.18. The van der Waals surface area contributed by atoms with Crippen molar-refractivity contribution in [3.63, 3.8) is 0 Å². The van der Waals surface area contributed by atoms with Gasteiger partial charge in [-0.25, -0.2) is 9.97 Å². The van der Waals surface area contributed by atoms with Crippen molar-refractivity contribution in [2.24, 2.45) is 0 Å². The van der Waals surface area contributed by atoms with E-state index in [9.17, 15) is 4.79 Å². The number of nitrogens with zero attached hydrogens (tertiary/aromatic N) is 3. The van der Waals surface area contributed by atoms with Gasteiger partial charge in [0.15, 0.2) is 5.13 Å². The van der Waals surface area contributed by atoms with Crippen molar-refractivity contribution in [1.82, 2.24) is 14.9 Å². The first kappa shape index (κ1) is 17.1. The molecule has 0 spiro atoms. The number of rotatable bonds is 6. The fraction of sp³-hybridized carbons (Fsp3) is 0.211. The second-order valence-corrected chi connectivity index (χ2v) is 6.29. The third-order valence-electron chi connectivity index (χ3n) is 3.88. The topological polar surface area (TPSA) is 58.1 Å². The average Bonchev–Trinajstić information content (AvgIpc) is 3.12. The molecule has 3 rings (SSSR count). The summed E-state index contributed by atoms with van der Waals surface area (Å²) in [5.41, 5.74) is 2.57. The quantitative estimate of drug-likeness (QED) is 0.713. The number of nitrogens with one attached hydrogen (secondary N) is 1. The van der Waals surface area contributed by atoms with Gasteiger partial charge in [0.05, 0.1) is 5.69 Å². The van der Waals surface area contributed by atoms with Gasteiger partial charge in [-0.15, -0.1) is 11.3 Å². The first-order chi connectivity index (χ1) is 12.2. The lowest BCUT2D eigenvalue weighted by molar-refractivity contribution is 0.0773. The first-order valence-electron chi connectivity index (χ1n) is 8.24. The molecule has 0 saturated carbocycles. The van der Waals surface area contributed by atoms with Gasteiger partial charge in [0.1, 0.15) is 5.82 Å². The number of aromatic nitrogens is 2. The summed E-state index contributed by atoms with van der Waals surface area (Å²) in [6.07, 6.45) is 1.74. The molecule has 1 N–H and O–H groups in total. The Kier molecular flexibility index (Phi) is 5.40. The lowest BCUT2D eigenvalue weighted by atomic mass is 10.1. The number of anilines is 2. The van der Waals surface area contributed by atoms with Crippen LogP contribution in [0.2, 0.25) is 0 Å². The van der Waals surface area contributed by atoms with Crippen molar-refractivity contribution < 1.29 is 4.79 Å². The van der Waals surface area contributed by atoms with E-state index in [1.54, 1.807) is 6.20 Å². The molecule has 0 radical (unpaired) electrons. The van der Waals surface area contributed by atoms with Crippen molar-refractivity contribution in [3.8, 4) is 11.3 Å². The summed E-state index contributed by atoms with van der Waals surface area (Å²) in [7, 11) is 0. The Hall–Kier alpha value is -2.73. The van der Waals surface area contributed by atoms with Crippen molar-refractivity contribution in [2.45, 2.75) is 13.8 Å². The molecule has 0 atom stereocenters. The van der Waals surface area contributed by atoms with Crippen molar-refractivity contribution in [2.75, 3.05) is 18.4 Å². The molecule has 1 aromatic carbocycles. The predicted octanol–water partition coefficient (Wildman–Crippen LogP) is 4.43. The monoisotopic (exact) mass is 352 g/mol. The largest absolute Gasteiger partial charge is 0.339 e. The molecule has 0 fully saturated rings. The predicted molar refractivity (Wildman–Crippen MR) is 102 cm³/mol. The van der Waals surface area contributed by atoms with E-state index in [1.807, 2.05) is 66.6 Å². The summed E-state index contributed by atoms with van der Waals surface area (Å²) in [5, 5.41) is 5.97. The molecule has 0 unspecified atom stereocenters. The molecule has 128 valence electrons. The van der Waals surface area contributed by atoms with Crippen molar-refractivity contribution in [1.29, 1.82) is 0 Å². The number of pyridine rings is 1. The summed E-state index contributed by atoms with van der Waals surface area (Å²) in [6.45, 7) is 5.40. The molecule has 0 aliphatic rings. The molecule has 2 aromatic heterocycles. The molecular formula is C19H20N4OS. The highest BCUT2D eigenvalue weighted by molar-refractivity contribution is 7.14. The number of hydrogen-bond acceptors (Lipinski definition) is 5. The highest BCUT2D eigenvalue weighted by Gasteiger charge is 2.13. The second kappa shape index (κ2) is 7.90. The third kappa shape index (κ3) is 4.03. The lowest BCUT2D eigenvalue weighted by Crippen LogP contribution is -2.30. The van der Waals surface area contributed by atoms with Crippen LogP contribution in [0.5, 0.6) is 0 Å². The third-order valence-corrected chi connectivity index (χ3v) is 4.64. The summed E-state index contributed by atoms with van der Waals surface area (Å²) in [4.78, 5) is 23.0. The van der Waals surface area contributed by atoms with Gasteiger partial charge in [-0.2, -0.15) is 0 Å². The van der Waals surface area contributed by atoms with Crippen LogP contribution in [0, 0.1) is 0 Å².